The van der Waals surface area contributed by atoms with Crippen LogP contribution in [-0.4, -0.2) is 44.8 Å². The first kappa shape index (κ1) is 25.4. The van der Waals surface area contributed by atoms with Crippen molar-refractivity contribution in [2.24, 2.45) is 0 Å². The van der Waals surface area contributed by atoms with Crippen molar-refractivity contribution in [1.29, 1.82) is 0 Å². The Morgan fingerprint density at radius 3 is 1.42 bits per heavy atom. The molecular formula is C18H33Br2N3O. The van der Waals surface area contributed by atoms with Crippen LogP contribution in [0.4, 0.5) is 11.4 Å². The van der Waals surface area contributed by atoms with Crippen molar-refractivity contribution in [3.05, 3.63) is 35.0 Å². The molecule has 140 valence electrons. The molecule has 0 saturated heterocycles. The smallest absolute Gasteiger partial charge is 0.124 e. The summed E-state index contributed by atoms with van der Waals surface area (Å²) >= 11 is 5.88. The molecule has 2 rings (SSSR count). The van der Waals surface area contributed by atoms with Crippen molar-refractivity contribution < 1.29 is 4.42 Å². The zero-order valence-corrected chi connectivity index (χ0v) is 19.9. The number of halogens is 2. The number of aromatic nitrogens is 1. The molecule has 0 aliphatic carbocycles. The second-order valence-corrected chi connectivity index (χ2v) is 5.55. The van der Waals surface area contributed by atoms with Gasteiger partial charge in [-0.25, -0.2) is 0 Å². The maximum Gasteiger partial charge on any atom is 0.124 e. The lowest BCUT2D eigenvalue weighted by Gasteiger charge is -2.10. The number of alkyl halides is 2. The van der Waals surface area contributed by atoms with Gasteiger partial charge in [0.1, 0.15) is 11.5 Å². The van der Waals surface area contributed by atoms with E-state index in [1.54, 1.807) is 0 Å². The molecule has 0 aliphatic rings. The van der Waals surface area contributed by atoms with Crippen LogP contribution in [-0.2, 0) is 0 Å². The molecule has 0 saturated carbocycles. The molecule has 4 nitrogen and oxygen atoms in total. The van der Waals surface area contributed by atoms with Crippen molar-refractivity contribution >= 4 is 43.2 Å². The first-order valence-corrected chi connectivity index (χ1v) is 10.7. The highest BCUT2D eigenvalue weighted by atomic mass is 79.9. The Morgan fingerprint density at radius 1 is 0.792 bits per heavy atom. The van der Waals surface area contributed by atoms with Crippen LogP contribution < -0.4 is 9.80 Å². The van der Waals surface area contributed by atoms with E-state index in [0.717, 1.165) is 17.2 Å². The van der Waals surface area contributed by atoms with E-state index in [1.165, 1.54) is 17.1 Å². The molecular weight excluding hydrogens is 434 g/mol. The lowest BCUT2D eigenvalue weighted by molar-refractivity contribution is 0.505. The van der Waals surface area contributed by atoms with Crippen LogP contribution in [0.2, 0.25) is 0 Å². The van der Waals surface area contributed by atoms with E-state index in [9.17, 15) is 0 Å². The Labute approximate surface area is 164 Å². The predicted molar refractivity (Wildman–Crippen MR) is 117 cm³/mol. The molecule has 0 spiro atoms. The number of furan rings is 1. The van der Waals surface area contributed by atoms with Gasteiger partial charge in [-0.15, -0.1) is 0 Å². The summed E-state index contributed by atoms with van der Waals surface area (Å²) in [6.45, 7) is 8.09. The zero-order chi connectivity index (χ0) is 19.4. The number of H-pyrrole nitrogens is 1. The largest absolute Gasteiger partial charge is 0.464 e. The minimum absolute atomic E-state index is 0.973. The number of hydrogen-bond acceptors (Lipinski definition) is 3. The third-order valence-electron chi connectivity index (χ3n) is 3.10. The maximum absolute atomic E-state index is 5.33. The summed E-state index contributed by atoms with van der Waals surface area (Å²) in [6, 6.07) is 4.19. The molecule has 2 aromatic heterocycles. The van der Waals surface area contributed by atoms with Gasteiger partial charge < -0.3 is 19.2 Å². The monoisotopic (exact) mass is 465 g/mol. The summed E-state index contributed by atoms with van der Waals surface area (Å²) in [5.74, 6) is 5.59. The molecule has 6 heteroatoms. The molecule has 0 amide bonds. The minimum Gasteiger partial charge on any atom is -0.464 e. The van der Waals surface area contributed by atoms with Crippen LogP contribution in [0.25, 0.3) is 0 Å². The zero-order valence-electron chi connectivity index (χ0n) is 16.7. The van der Waals surface area contributed by atoms with E-state index in [-0.39, 0.29) is 0 Å². The molecule has 0 atom stereocenters. The summed E-state index contributed by atoms with van der Waals surface area (Å²) in [4.78, 5) is 7.40. The first-order chi connectivity index (χ1) is 11.2. The normalized spacial score (nSPS) is 8.83. The van der Waals surface area contributed by atoms with Crippen LogP contribution in [0.1, 0.15) is 22.9 Å². The Bertz CT molecular complexity index is 510. The molecule has 0 aliphatic heterocycles. The number of nitrogens with one attached hydrogen (secondary N) is 1. The van der Waals surface area contributed by atoms with Crippen molar-refractivity contribution in [2.75, 3.05) is 49.7 Å². The van der Waals surface area contributed by atoms with Gasteiger partial charge in [-0.2, -0.15) is 0 Å². The third-order valence-corrected chi connectivity index (χ3v) is 3.10. The summed E-state index contributed by atoms with van der Waals surface area (Å²) < 4.78 is 5.33. The summed E-state index contributed by atoms with van der Waals surface area (Å²) in [5.41, 5.74) is 4.90. The second kappa shape index (κ2) is 13.4. The second-order valence-electron chi connectivity index (χ2n) is 5.55. The summed E-state index contributed by atoms with van der Waals surface area (Å²) in [6.07, 6.45) is 0. The minimum atomic E-state index is 0.973. The average molecular weight is 467 g/mol. The van der Waals surface area contributed by atoms with Gasteiger partial charge >= 0.3 is 0 Å². The van der Waals surface area contributed by atoms with Gasteiger partial charge in [-0.3, -0.25) is 0 Å². The Morgan fingerprint density at radius 2 is 1.25 bits per heavy atom. The van der Waals surface area contributed by atoms with Crippen molar-refractivity contribution in [1.82, 2.24) is 4.98 Å². The number of anilines is 2. The van der Waals surface area contributed by atoms with E-state index >= 15 is 0 Å². The van der Waals surface area contributed by atoms with Crippen LogP contribution in [0.3, 0.4) is 0 Å². The summed E-state index contributed by atoms with van der Waals surface area (Å²) in [5, 5.41) is 0. The number of aromatic amines is 1. The van der Waals surface area contributed by atoms with Gasteiger partial charge in [0, 0.05) is 45.6 Å². The lowest BCUT2D eigenvalue weighted by atomic mass is 10.3. The highest BCUT2D eigenvalue weighted by Gasteiger charge is 2.04. The predicted octanol–water partition coefficient (Wildman–Crippen LogP) is 5.68. The fraction of sp³-hybridized carbons (Fsp3) is 0.556. The Kier molecular flexibility index (Phi) is 14.2. The maximum atomic E-state index is 5.33. The van der Waals surface area contributed by atoms with E-state index < -0.39 is 0 Å². The van der Waals surface area contributed by atoms with Gasteiger partial charge in [0.15, 0.2) is 0 Å². The molecule has 2 heterocycles. The number of aryl methyl sites for hydroxylation is 4. The Balaban J connectivity index is 0. The molecule has 0 radical (unpaired) electrons. The molecule has 0 aromatic carbocycles. The number of hydrogen-bond donors (Lipinski definition) is 1. The lowest BCUT2D eigenvalue weighted by Crippen LogP contribution is -2.08. The fourth-order valence-corrected chi connectivity index (χ4v) is 2.24. The Hall–Kier alpha value is -0.880. The van der Waals surface area contributed by atoms with Crippen LogP contribution in [0.15, 0.2) is 16.5 Å². The average Bonchev–Trinajstić information content (AvgIpc) is 3.05. The molecule has 1 N–H and O–H groups in total. The summed E-state index contributed by atoms with van der Waals surface area (Å²) in [7, 11) is 8.12. The van der Waals surface area contributed by atoms with Gasteiger partial charge in [0.25, 0.3) is 0 Å². The van der Waals surface area contributed by atoms with Crippen molar-refractivity contribution in [3.63, 3.8) is 0 Å². The van der Waals surface area contributed by atoms with E-state index in [0.29, 0.717) is 0 Å². The van der Waals surface area contributed by atoms with Crippen molar-refractivity contribution in [3.8, 4) is 0 Å². The fourth-order valence-electron chi connectivity index (χ4n) is 2.24. The quantitative estimate of drug-likeness (QED) is 0.578. The highest BCUT2D eigenvalue weighted by molar-refractivity contribution is 9.09. The standard InChI is InChI=1S/C8H14N2.C8H13NO.2CH3Br/c1-6-5-8(10(3)4)7(2)9-6;1-6-5-8(9(3)4)7(2)10-6;2*1-2/h5,9H,1-4H3;5H,1-4H3;2*1H3. The van der Waals surface area contributed by atoms with Crippen molar-refractivity contribution in [2.45, 2.75) is 27.7 Å². The van der Waals surface area contributed by atoms with Gasteiger partial charge in [0.2, 0.25) is 0 Å². The molecule has 0 bridgehead atoms. The third kappa shape index (κ3) is 8.83. The molecule has 0 fully saturated rings. The molecule has 24 heavy (non-hydrogen) atoms. The number of rotatable bonds is 2. The van der Waals surface area contributed by atoms with Crippen LogP contribution >= 0.6 is 31.9 Å². The topological polar surface area (TPSA) is 35.4 Å². The van der Waals surface area contributed by atoms with Gasteiger partial charge in [-0.1, -0.05) is 31.9 Å². The van der Waals surface area contributed by atoms with E-state index in [2.05, 4.69) is 75.8 Å². The van der Waals surface area contributed by atoms with E-state index in [4.69, 9.17) is 4.42 Å². The van der Waals surface area contributed by atoms with E-state index in [1.807, 2.05) is 50.6 Å². The van der Waals surface area contributed by atoms with Crippen LogP contribution in [0.5, 0.6) is 0 Å². The van der Waals surface area contributed by atoms with Gasteiger partial charge in [0.05, 0.1) is 11.4 Å². The first-order valence-electron chi connectivity index (χ1n) is 7.55. The highest BCUT2D eigenvalue weighted by Crippen LogP contribution is 2.21. The number of nitrogens with zero attached hydrogens (tertiary/aromatic N) is 2. The SMILES string of the molecule is CBr.CBr.Cc1cc(N(C)C)c(C)[nH]1.Cc1cc(N(C)C)c(C)o1. The molecule has 0 unspecified atom stereocenters. The molecule has 2 aromatic rings. The van der Waals surface area contributed by atoms with Crippen LogP contribution in [0, 0.1) is 27.7 Å². The van der Waals surface area contributed by atoms with Gasteiger partial charge in [-0.05, 0) is 45.4 Å².